The third kappa shape index (κ3) is 45.7. The Hall–Kier alpha value is -2.57. The van der Waals surface area contributed by atoms with Gasteiger partial charge in [-0.15, -0.1) is 0 Å². The van der Waals surface area contributed by atoms with Crippen molar-refractivity contribution in [2.45, 2.75) is 0 Å². The van der Waals surface area contributed by atoms with Crippen LogP contribution in [0.1, 0.15) is 0 Å². The molecule has 0 aromatic rings. The van der Waals surface area contributed by atoms with Crippen molar-refractivity contribution < 1.29 is 47.6 Å². The Morgan fingerprint density at radius 3 is 0.821 bits per heavy atom. The predicted molar refractivity (Wildman–Crippen MR) is 140 cm³/mol. The first-order valence-corrected chi connectivity index (χ1v) is 13.7. The normalized spacial score (nSPS) is 15.6. The van der Waals surface area contributed by atoms with Crippen LogP contribution in [-0.2, 0) is 40.5 Å². The third-order valence-corrected chi connectivity index (χ3v) is 4.09. The molecule has 234 valence electrons. The lowest BCUT2D eigenvalue weighted by Crippen LogP contribution is -2.17. The predicted octanol–water partition coefficient (Wildman–Crippen LogP) is -1.53. The zero-order valence-corrected chi connectivity index (χ0v) is 25.3. The molecule has 19 nitrogen and oxygen atoms in total. The van der Waals surface area contributed by atoms with E-state index in [4.69, 9.17) is 36.2 Å². The van der Waals surface area contributed by atoms with Gasteiger partial charge in [0.25, 0.3) is 0 Å². The summed E-state index contributed by atoms with van der Waals surface area (Å²) in [5, 5.41) is 0. The Kier molecular flexibility index (Phi) is 27.3. The minimum atomic E-state index is -4.92. The smallest absolute Gasteiger partial charge is 0.217 e. The zero-order chi connectivity index (χ0) is 31.8. The standard InChI is InChI=1S/3C5H10N2.CH4O4S.CH4O3S.H2O4S.O2/c3*1-6-3-4-7(2)5-6;1-5-6(2,3)4;1-4-5(2)3;1-5(2,3)4;1-2/h3*3-4H,5H2,1-2H3;1H3,(H,2,3,4);1H3,(H,2,3);(H2,1,2,3,4);/p-3. The fourth-order valence-electron chi connectivity index (χ4n) is 2.02. The van der Waals surface area contributed by atoms with Gasteiger partial charge in [0.2, 0.25) is 20.8 Å². The van der Waals surface area contributed by atoms with Gasteiger partial charge in [-0.1, -0.05) is 0 Å². The Labute approximate surface area is 232 Å². The van der Waals surface area contributed by atoms with Gasteiger partial charge in [0.15, 0.2) is 0 Å². The maximum absolute atomic E-state index is 9.22. The fraction of sp³-hybridized carbons (Fsp3) is 0.647. The maximum atomic E-state index is 9.22. The minimum Gasteiger partial charge on any atom is -0.750 e. The van der Waals surface area contributed by atoms with E-state index in [-0.39, 0.29) is 0 Å². The molecule has 0 saturated carbocycles. The van der Waals surface area contributed by atoms with Crippen LogP contribution in [0.25, 0.3) is 0 Å². The second kappa shape index (κ2) is 24.5. The van der Waals surface area contributed by atoms with E-state index >= 15 is 0 Å². The molecule has 3 rings (SSSR count). The van der Waals surface area contributed by atoms with Crippen LogP contribution in [0.2, 0.25) is 0 Å². The first kappa shape index (κ1) is 43.5. The van der Waals surface area contributed by atoms with Gasteiger partial charge >= 0.3 is 0 Å². The van der Waals surface area contributed by atoms with Crippen LogP contribution in [0.3, 0.4) is 0 Å². The molecule has 1 unspecified atom stereocenters. The molecule has 0 amide bonds. The van der Waals surface area contributed by atoms with Crippen molar-refractivity contribution in [2.24, 2.45) is 0 Å². The number of rotatable bonds is 2. The number of hydrogen-bond donors (Lipinski definition) is 1. The summed E-state index contributed by atoms with van der Waals surface area (Å²) in [7, 11) is 4.90. The molecule has 1 atom stereocenters. The zero-order valence-electron chi connectivity index (χ0n) is 22.8. The van der Waals surface area contributed by atoms with Gasteiger partial charge in [-0.2, -0.15) is 0 Å². The molecule has 0 aromatic carbocycles. The van der Waals surface area contributed by atoms with E-state index in [1.165, 1.54) is 0 Å². The molecule has 3 heterocycles. The Morgan fingerprint density at radius 1 is 0.667 bits per heavy atom. The van der Waals surface area contributed by atoms with Crippen molar-refractivity contribution >= 4 is 32.2 Å². The molecule has 0 bridgehead atoms. The van der Waals surface area contributed by atoms with E-state index in [1.54, 1.807) is 0 Å². The lowest BCUT2D eigenvalue weighted by atomic mass is 10.9. The van der Waals surface area contributed by atoms with Crippen LogP contribution in [0, 0.1) is 9.93 Å². The molecule has 0 spiro atoms. The highest BCUT2D eigenvalue weighted by Gasteiger charge is 2.01. The van der Waals surface area contributed by atoms with Gasteiger partial charge in [-0.25, -0.2) is 21.0 Å². The molecule has 0 saturated heterocycles. The van der Waals surface area contributed by atoms with E-state index in [0.717, 1.165) is 34.2 Å². The summed E-state index contributed by atoms with van der Waals surface area (Å²) in [6, 6.07) is 0. The molecule has 3 aliphatic heterocycles. The van der Waals surface area contributed by atoms with E-state index in [1.807, 2.05) is 0 Å². The highest BCUT2D eigenvalue weighted by Crippen LogP contribution is 1.98. The van der Waals surface area contributed by atoms with Crippen molar-refractivity contribution in [2.75, 3.05) is 76.5 Å². The van der Waals surface area contributed by atoms with Crippen LogP contribution in [0.4, 0.5) is 0 Å². The summed E-state index contributed by atoms with van der Waals surface area (Å²) in [6.07, 6.45) is 12.3. The molecule has 0 aliphatic carbocycles. The van der Waals surface area contributed by atoms with Gasteiger partial charge in [0, 0.05) is 89.4 Å². The molecule has 1 N–H and O–H groups in total. The average molecular weight is 630 g/mol. The lowest BCUT2D eigenvalue weighted by Gasteiger charge is -2.10. The Morgan fingerprint density at radius 2 is 0.795 bits per heavy atom. The lowest BCUT2D eigenvalue weighted by molar-refractivity contribution is 0.314. The van der Waals surface area contributed by atoms with Crippen molar-refractivity contribution in [1.82, 2.24) is 29.4 Å². The molecule has 0 radical (unpaired) electrons. The van der Waals surface area contributed by atoms with Gasteiger partial charge in [-0.05, 0) is 0 Å². The number of hydrogen-bond acceptors (Lipinski definition) is 18. The largest absolute Gasteiger partial charge is 0.750 e. The van der Waals surface area contributed by atoms with Crippen molar-refractivity contribution in [3.63, 3.8) is 0 Å². The first-order chi connectivity index (χ1) is 17.7. The molecule has 39 heavy (non-hydrogen) atoms. The quantitative estimate of drug-likeness (QED) is 0.207. The van der Waals surface area contributed by atoms with Gasteiger partial charge in [0.05, 0.1) is 45.6 Å². The Bertz CT molecular complexity index is 840. The second-order valence-corrected chi connectivity index (χ2v) is 9.98. The molecule has 3 aliphatic rings. The monoisotopic (exact) mass is 629 g/mol. The fourth-order valence-corrected chi connectivity index (χ4v) is 2.02. The summed E-state index contributed by atoms with van der Waals surface area (Å²) in [5.74, 6) is 0. The summed E-state index contributed by atoms with van der Waals surface area (Å²) in [5.41, 5.74) is 0. The summed E-state index contributed by atoms with van der Waals surface area (Å²) in [6.45, 7) is 3.08. The van der Waals surface area contributed by atoms with E-state index in [0.29, 0.717) is 0 Å². The maximum Gasteiger partial charge on any atom is 0.217 e. The van der Waals surface area contributed by atoms with Crippen LogP contribution in [0.5, 0.6) is 0 Å². The average Bonchev–Trinajstić information content (AvgIpc) is 3.50. The molecule has 0 aromatic heterocycles. The van der Waals surface area contributed by atoms with Gasteiger partial charge in [-0.3, -0.25) is 8.74 Å². The molecule has 0 fully saturated rings. The number of nitrogens with zero attached hydrogens (tertiary/aromatic N) is 6. The van der Waals surface area contributed by atoms with Crippen molar-refractivity contribution in [3.05, 3.63) is 47.1 Å². The highest BCUT2D eigenvalue weighted by atomic mass is 32.3. The minimum absolute atomic E-state index is 0.808. The molecule has 22 heteroatoms. The second-order valence-electron chi connectivity index (χ2n) is 7.23. The molecular formula is C17H37N6O13S3-3. The third-order valence-electron chi connectivity index (χ3n) is 3.41. The topological polar surface area (TPSA) is 247 Å². The van der Waals surface area contributed by atoms with E-state index in [9.17, 15) is 13.0 Å². The van der Waals surface area contributed by atoms with E-state index < -0.39 is 32.2 Å². The highest BCUT2D eigenvalue weighted by molar-refractivity contribution is 7.80. The summed E-state index contributed by atoms with van der Waals surface area (Å²) < 4.78 is 85.8. The summed E-state index contributed by atoms with van der Waals surface area (Å²) >= 11 is -2.32. The Balaban J connectivity index is -0.000000187. The van der Waals surface area contributed by atoms with Crippen LogP contribution < -0.4 is 0 Å². The summed E-state index contributed by atoms with van der Waals surface area (Å²) in [4.78, 5) is 26.8. The van der Waals surface area contributed by atoms with Crippen molar-refractivity contribution in [3.8, 4) is 0 Å². The van der Waals surface area contributed by atoms with Crippen molar-refractivity contribution in [1.29, 1.82) is 0 Å². The first-order valence-electron chi connectivity index (χ1n) is 9.96. The van der Waals surface area contributed by atoms with E-state index in [2.05, 4.69) is 117 Å². The van der Waals surface area contributed by atoms with Crippen LogP contribution in [0.15, 0.2) is 37.2 Å². The van der Waals surface area contributed by atoms with Crippen LogP contribution in [-0.4, -0.2) is 145 Å². The van der Waals surface area contributed by atoms with Gasteiger partial charge < -0.3 is 47.2 Å². The molecular weight excluding hydrogens is 592 g/mol. The van der Waals surface area contributed by atoms with Crippen LogP contribution >= 0.6 is 0 Å². The SMILES string of the molecule is CN1C=CN(C)C1.CN1C=CN(C)C1.CN1C=CN(C)C1.COS(=O)(=O)[O-].COS(=O)[O-].O=O.O=S(=O)([O-])O. The van der Waals surface area contributed by atoms with Gasteiger partial charge in [0.1, 0.15) is 0 Å².